The Labute approximate surface area is 241 Å². The van der Waals surface area contributed by atoms with E-state index in [9.17, 15) is 4.79 Å². The van der Waals surface area contributed by atoms with Crippen molar-refractivity contribution in [1.82, 2.24) is 25.1 Å². The van der Waals surface area contributed by atoms with E-state index in [1.165, 1.54) is 6.33 Å². The van der Waals surface area contributed by atoms with E-state index in [2.05, 4.69) is 30.4 Å². The van der Waals surface area contributed by atoms with Crippen LogP contribution in [0.15, 0.2) is 67.0 Å². The van der Waals surface area contributed by atoms with Crippen molar-refractivity contribution < 1.29 is 14.3 Å². The van der Waals surface area contributed by atoms with Gasteiger partial charge in [0.2, 0.25) is 0 Å². The van der Waals surface area contributed by atoms with E-state index in [1.807, 2.05) is 49.4 Å². The summed E-state index contributed by atoms with van der Waals surface area (Å²) < 4.78 is 11.6. The van der Waals surface area contributed by atoms with Crippen molar-refractivity contribution in [3.8, 4) is 22.8 Å². The molecule has 0 aliphatic carbocycles. The summed E-state index contributed by atoms with van der Waals surface area (Å²) in [6.07, 6.45) is 1.39. The van der Waals surface area contributed by atoms with E-state index in [0.29, 0.717) is 44.6 Å². The first-order valence-electron chi connectivity index (χ1n) is 13.2. The molecule has 5 aromatic rings. The summed E-state index contributed by atoms with van der Waals surface area (Å²) in [5.41, 5.74) is 11.2. The Morgan fingerprint density at radius 2 is 1.90 bits per heavy atom. The number of carbonyl (C=O) groups excluding carboxylic acids is 1. The monoisotopic (exact) mass is 569 g/mol. The fourth-order valence-corrected chi connectivity index (χ4v) is 4.95. The van der Waals surface area contributed by atoms with Crippen LogP contribution in [0.5, 0.6) is 11.5 Å². The average molecular weight is 570 g/mol. The number of hydrogen-bond acceptors (Lipinski definition) is 8. The number of hydrogen-bond donors (Lipinski definition) is 3. The van der Waals surface area contributed by atoms with Gasteiger partial charge in [-0.1, -0.05) is 23.7 Å². The maximum atomic E-state index is 13.0. The molecule has 1 amide bonds. The molecular weight excluding hydrogens is 542 g/mol. The molecule has 0 saturated carbocycles. The maximum absolute atomic E-state index is 13.0. The van der Waals surface area contributed by atoms with Crippen LogP contribution in [0.2, 0.25) is 5.02 Å². The number of nitrogens with two attached hydrogens (primary N) is 1. The second-order valence-electron chi connectivity index (χ2n) is 9.81. The van der Waals surface area contributed by atoms with Gasteiger partial charge in [-0.2, -0.15) is 5.10 Å². The van der Waals surface area contributed by atoms with Gasteiger partial charge in [-0.05, 0) is 60.5 Å². The number of H-pyrrole nitrogens is 1. The maximum Gasteiger partial charge on any atom is 0.255 e. The van der Waals surface area contributed by atoms with Gasteiger partial charge in [0, 0.05) is 47.5 Å². The van der Waals surface area contributed by atoms with E-state index in [4.69, 9.17) is 26.8 Å². The average Bonchev–Trinajstić information content (AvgIpc) is 3.42. The van der Waals surface area contributed by atoms with Gasteiger partial charge >= 0.3 is 0 Å². The van der Waals surface area contributed by atoms with Crippen LogP contribution in [0.3, 0.4) is 0 Å². The summed E-state index contributed by atoms with van der Waals surface area (Å²) in [7, 11) is 0. The highest BCUT2D eigenvalue weighted by Gasteiger charge is 2.16. The molecule has 1 saturated heterocycles. The quantitative estimate of drug-likeness (QED) is 0.236. The normalized spacial score (nSPS) is 13.8. The van der Waals surface area contributed by atoms with Crippen molar-refractivity contribution in [2.75, 3.05) is 37.4 Å². The predicted octanol–water partition coefficient (Wildman–Crippen LogP) is 5.44. The van der Waals surface area contributed by atoms with Crippen molar-refractivity contribution in [2.24, 2.45) is 0 Å². The van der Waals surface area contributed by atoms with Gasteiger partial charge in [0.25, 0.3) is 5.91 Å². The van der Waals surface area contributed by atoms with Gasteiger partial charge in [0.15, 0.2) is 5.65 Å². The largest absolute Gasteiger partial charge is 0.457 e. The standard InChI is InChI=1S/C30H28ClN7O3/c1-18-2-7-22(35-30(39)20-3-4-21(24(31)14-20)16-38-10-12-40-13-11-38)15-25(18)41-23-8-5-19(6-9-23)27-26-28(32)33-17-34-29(26)37-36-27/h2-9,14-15,17H,10-13,16H2,1H3,(H,35,39)(H3,32,33,34,36,37). The molecule has 2 aromatic heterocycles. The minimum Gasteiger partial charge on any atom is -0.457 e. The van der Waals surface area contributed by atoms with Crippen LogP contribution in [0.4, 0.5) is 11.5 Å². The molecule has 1 aliphatic rings. The van der Waals surface area contributed by atoms with Gasteiger partial charge in [-0.15, -0.1) is 0 Å². The van der Waals surface area contributed by atoms with Crippen molar-refractivity contribution in [3.63, 3.8) is 0 Å². The number of aromatic nitrogens is 4. The van der Waals surface area contributed by atoms with Gasteiger partial charge in [0.1, 0.15) is 23.6 Å². The molecule has 4 N–H and O–H groups in total. The first-order valence-corrected chi connectivity index (χ1v) is 13.6. The van der Waals surface area contributed by atoms with Crippen molar-refractivity contribution in [2.45, 2.75) is 13.5 Å². The summed E-state index contributed by atoms with van der Waals surface area (Å²) in [4.78, 5) is 23.5. The summed E-state index contributed by atoms with van der Waals surface area (Å²) in [5, 5.41) is 11.4. The zero-order chi connectivity index (χ0) is 28.3. The van der Waals surface area contributed by atoms with E-state index in [0.717, 1.165) is 55.2 Å². The van der Waals surface area contributed by atoms with Crippen LogP contribution in [-0.2, 0) is 11.3 Å². The number of anilines is 2. The summed E-state index contributed by atoms with van der Waals surface area (Å²) in [6.45, 7) is 5.85. The van der Waals surface area contributed by atoms with E-state index in [-0.39, 0.29) is 5.91 Å². The highest BCUT2D eigenvalue weighted by Crippen LogP contribution is 2.32. The molecule has 11 heteroatoms. The fourth-order valence-electron chi connectivity index (χ4n) is 4.71. The Bertz CT molecular complexity index is 1720. The lowest BCUT2D eigenvalue weighted by atomic mass is 10.1. The van der Waals surface area contributed by atoms with E-state index in [1.54, 1.807) is 18.2 Å². The Morgan fingerprint density at radius 1 is 1.10 bits per heavy atom. The third kappa shape index (κ3) is 5.85. The predicted molar refractivity (Wildman–Crippen MR) is 158 cm³/mol. The number of amides is 1. The Hall–Kier alpha value is -4.51. The Kier molecular flexibility index (Phi) is 7.51. The van der Waals surface area contributed by atoms with Crippen molar-refractivity contribution in [3.05, 3.63) is 88.7 Å². The molecule has 0 atom stereocenters. The molecule has 0 unspecified atom stereocenters. The molecule has 3 heterocycles. The van der Waals surface area contributed by atoms with Gasteiger partial charge < -0.3 is 20.5 Å². The number of nitrogen functional groups attached to an aromatic ring is 1. The topological polar surface area (TPSA) is 131 Å². The third-order valence-electron chi connectivity index (χ3n) is 7.01. The first kappa shape index (κ1) is 26.7. The smallest absolute Gasteiger partial charge is 0.255 e. The first-order chi connectivity index (χ1) is 19.9. The molecule has 10 nitrogen and oxygen atoms in total. The number of aryl methyl sites for hydroxylation is 1. The summed E-state index contributed by atoms with van der Waals surface area (Å²) in [5.74, 6) is 1.37. The Morgan fingerprint density at radius 3 is 2.68 bits per heavy atom. The van der Waals surface area contributed by atoms with Crippen LogP contribution in [0.1, 0.15) is 21.5 Å². The summed E-state index contributed by atoms with van der Waals surface area (Å²) in [6, 6.07) is 18.5. The van der Waals surface area contributed by atoms with Crippen molar-refractivity contribution >= 4 is 40.0 Å². The molecular formula is C30H28ClN7O3. The van der Waals surface area contributed by atoms with E-state index < -0.39 is 0 Å². The van der Waals surface area contributed by atoms with Gasteiger partial charge in [-0.25, -0.2) is 9.97 Å². The van der Waals surface area contributed by atoms with Crippen molar-refractivity contribution in [1.29, 1.82) is 0 Å². The molecule has 3 aromatic carbocycles. The van der Waals surface area contributed by atoms with Crippen LogP contribution in [0, 0.1) is 6.92 Å². The van der Waals surface area contributed by atoms with Crippen LogP contribution >= 0.6 is 11.6 Å². The SMILES string of the molecule is Cc1ccc(NC(=O)c2ccc(CN3CCOCC3)c(Cl)c2)cc1Oc1ccc(-c2[nH]nc3ncnc(N)c23)cc1. The number of ether oxygens (including phenoxy) is 2. The zero-order valence-corrected chi connectivity index (χ0v) is 23.1. The molecule has 6 rings (SSSR count). The third-order valence-corrected chi connectivity index (χ3v) is 7.36. The number of morpholine rings is 1. The number of benzene rings is 3. The molecule has 41 heavy (non-hydrogen) atoms. The lowest BCUT2D eigenvalue weighted by Crippen LogP contribution is -2.35. The number of nitrogens with one attached hydrogen (secondary N) is 2. The van der Waals surface area contributed by atoms with Crippen LogP contribution < -0.4 is 15.8 Å². The molecule has 208 valence electrons. The number of halogens is 1. The molecule has 0 bridgehead atoms. The fraction of sp³-hybridized carbons (Fsp3) is 0.200. The minimum absolute atomic E-state index is 0.251. The zero-order valence-electron chi connectivity index (χ0n) is 22.4. The van der Waals surface area contributed by atoms with Crippen LogP contribution in [0.25, 0.3) is 22.3 Å². The molecule has 0 spiro atoms. The Balaban J connectivity index is 1.14. The number of aromatic amines is 1. The lowest BCUT2D eigenvalue weighted by Gasteiger charge is -2.26. The highest BCUT2D eigenvalue weighted by molar-refractivity contribution is 6.31. The molecule has 1 aliphatic heterocycles. The second kappa shape index (κ2) is 11.5. The molecule has 0 radical (unpaired) electrons. The molecule has 1 fully saturated rings. The van der Waals surface area contributed by atoms with Crippen LogP contribution in [-0.4, -0.2) is 57.3 Å². The van der Waals surface area contributed by atoms with Gasteiger partial charge in [-0.3, -0.25) is 14.8 Å². The minimum atomic E-state index is -0.251. The lowest BCUT2D eigenvalue weighted by molar-refractivity contribution is 0.0342. The number of nitrogens with zero attached hydrogens (tertiary/aromatic N) is 4. The van der Waals surface area contributed by atoms with E-state index >= 15 is 0 Å². The number of fused-ring (bicyclic) bond motifs is 1. The second-order valence-corrected chi connectivity index (χ2v) is 10.2. The highest BCUT2D eigenvalue weighted by atomic mass is 35.5. The number of carbonyl (C=O) groups is 1. The number of rotatable bonds is 7. The van der Waals surface area contributed by atoms with Gasteiger partial charge in [0.05, 0.1) is 24.3 Å². The summed E-state index contributed by atoms with van der Waals surface area (Å²) >= 11 is 6.54.